The molecule has 0 bridgehead atoms. The number of para-hydroxylation sites is 2. The Morgan fingerprint density at radius 1 is 1.06 bits per heavy atom. The van der Waals surface area contributed by atoms with E-state index in [1.807, 2.05) is 42.2 Å². The van der Waals surface area contributed by atoms with E-state index in [4.69, 9.17) is 7.85 Å². The Morgan fingerprint density at radius 3 is 2.58 bits per heavy atom. The molecule has 1 amide bonds. The summed E-state index contributed by atoms with van der Waals surface area (Å²) in [6, 6.07) is 14.3. The standard InChI is InChI=1S/C27H30BN3O2/c1-18-26(19(2)32)22-8-5-9-23(28)27(22)30(18)14-6-13-29-15-11-21(12-16-29)31-24-10-4-3-7-20(24)17-25(31)33/h3-5,7-10,21H,6,11-17H2,1-2H3. The molecule has 1 saturated heterocycles. The number of ketones is 1. The van der Waals surface area contributed by atoms with Crippen molar-refractivity contribution in [2.45, 2.75) is 52.1 Å². The van der Waals surface area contributed by atoms with Gasteiger partial charge in [-0.15, -0.1) is 0 Å². The number of hydrogen-bond donors (Lipinski definition) is 0. The van der Waals surface area contributed by atoms with E-state index in [2.05, 4.69) is 21.6 Å². The van der Waals surface area contributed by atoms with Gasteiger partial charge in [0.25, 0.3) is 0 Å². The zero-order valence-corrected chi connectivity index (χ0v) is 19.5. The molecule has 3 heterocycles. The molecule has 0 unspecified atom stereocenters. The number of likely N-dealkylation sites (tertiary alicyclic amines) is 1. The van der Waals surface area contributed by atoms with Crippen molar-refractivity contribution in [3.63, 3.8) is 0 Å². The van der Waals surface area contributed by atoms with Crippen LogP contribution in [0.5, 0.6) is 0 Å². The number of fused-ring (bicyclic) bond motifs is 2. The second-order valence-electron chi connectivity index (χ2n) is 9.41. The summed E-state index contributed by atoms with van der Waals surface area (Å²) < 4.78 is 2.22. The number of aromatic nitrogens is 1. The Labute approximate surface area is 196 Å². The van der Waals surface area contributed by atoms with E-state index in [9.17, 15) is 9.59 Å². The van der Waals surface area contributed by atoms with Crippen LogP contribution in [0.25, 0.3) is 10.9 Å². The Bertz CT molecular complexity index is 1220. The Balaban J connectivity index is 1.22. The van der Waals surface area contributed by atoms with Crippen molar-refractivity contribution < 1.29 is 9.59 Å². The van der Waals surface area contributed by atoms with Crippen molar-refractivity contribution in [2.24, 2.45) is 0 Å². The van der Waals surface area contributed by atoms with Crippen LogP contribution in [0.4, 0.5) is 5.69 Å². The molecular weight excluding hydrogens is 409 g/mol. The Kier molecular flexibility index (Phi) is 5.87. The molecule has 0 N–H and O–H groups in total. The van der Waals surface area contributed by atoms with Gasteiger partial charge in [-0.25, -0.2) is 0 Å². The van der Waals surface area contributed by atoms with Crippen LogP contribution in [-0.2, 0) is 17.8 Å². The van der Waals surface area contributed by atoms with Crippen molar-refractivity contribution in [1.82, 2.24) is 9.47 Å². The fourth-order valence-corrected chi connectivity index (χ4v) is 5.82. The summed E-state index contributed by atoms with van der Waals surface area (Å²) >= 11 is 0. The minimum Gasteiger partial charge on any atom is -0.345 e. The van der Waals surface area contributed by atoms with Gasteiger partial charge < -0.3 is 14.4 Å². The molecule has 0 aliphatic carbocycles. The van der Waals surface area contributed by atoms with Crippen molar-refractivity contribution in [2.75, 3.05) is 24.5 Å². The van der Waals surface area contributed by atoms with Gasteiger partial charge in [0.2, 0.25) is 5.91 Å². The molecule has 2 radical (unpaired) electrons. The van der Waals surface area contributed by atoms with Gasteiger partial charge in [0, 0.05) is 53.5 Å². The van der Waals surface area contributed by atoms with Crippen molar-refractivity contribution in [3.05, 3.63) is 59.3 Å². The first kappa shape index (κ1) is 22.0. The smallest absolute Gasteiger partial charge is 0.231 e. The fourth-order valence-electron chi connectivity index (χ4n) is 5.82. The van der Waals surface area contributed by atoms with Gasteiger partial charge in [0.15, 0.2) is 5.78 Å². The minimum absolute atomic E-state index is 0.0851. The number of rotatable bonds is 6. The summed E-state index contributed by atoms with van der Waals surface area (Å²) in [7, 11) is 6.30. The molecule has 0 saturated carbocycles. The fraction of sp³-hybridized carbons (Fsp3) is 0.407. The zero-order valence-electron chi connectivity index (χ0n) is 19.5. The topological polar surface area (TPSA) is 45.6 Å². The average Bonchev–Trinajstić information content (AvgIpc) is 3.28. The van der Waals surface area contributed by atoms with Crippen LogP contribution in [0.1, 0.15) is 47.8 Å². The number of carbonyl (C=O) groups is 2. The number of hydrogen-bond acceptors (Lipinski definition) is 3. The quantitative estimate of drug-likeness (QED) is 0.437. The van der Waals surface area contributed by atoms with E-state index in [0.29, 0.717) is 12.5 Å². The number of carbonyl (C=O) groups excluding carboxylic acids is 2. The zero-order chi connectivity index (χ0) is 23.1. The lowest BCUT2D eigenvalue weighted by Crippen LogP contribution is -2.46. The lowest BCUT2D eigenvalue weighted by Gasteiger charge is -2.37. The Hall–Kier alpha value is -2.86. The molecule has 5 rings (SSSR count). The van der Waals surface area contributed by atoms with Gasteiger partial charge in [-0.2, -0.15) is 0 Å². The maximum absolute atomic E-state index is 12.6. The van der Waals surface area contributed by atoms with Crippen molar-refractivity contribution >= 4 is 41.6 Å². The third-order valence-corrected chi connectivity index (χ3v) is 7.37. The van der Waals surface area contributed by atoms with Crippen LogP contribution in [-0.4, -0.2) is 54.7 Å². The van der Waals surface area contributed by atoms with Crippen molar-refractivity contribution in [1.29, 1.82) is 0 Å². The SMILES string of the molecule is [B]c1cccc2c(C(C)=O)c(C)n(CCCN3CCC(N4C(=O)Cc5ccccc54)CC3)c12. The second kappa shape index (κ2) is 8.83. The maximum Gasteiger partial charge on any atom is 0.231 e. The molecule has 33 heavy (non-hydrogen) atoms. The van der Waals surface area contributed by atoms with Crippen LogP contribution >= 0.6 is 0 Å². The van der Waals surface area contributed by atoms with Gasteiger partial charge in [-0.05, 0) is 51.3 Å². The highest BCUT2D eigenvalue weighted by Crippen LogP contribution is 2.33. The van der Waals surface area contributed by atoms with E-state index >= 15 is 0 Å². The van der Waals surface area contributed by atoms with Crippen LogP contribution in [0, 0.1) is 6.92 Å². The molecular formula is C27H30BN3O2. The summed E-state index contributed by atoms with van der Waals surface area (Å²) in [5.74, 6) is 0.324. The number of Topliss-reactive ketones (excluding diaryl/α,β-unsaturated/α-hetero) is 1. The predicted molar refractivity (Wildman–Crippen MR) is 134 cm³/mol. The maximum atomic E-state index is 12.6. The monoisotopic (exact) mass is 439 g/mol. The highest BCUT2D eigenvalue weighted by Gasteiger charge is 2.34. The highest BCUT2D eigenvalue weighted by atomic mass is 16.2. The third kappa shape index (κ3) is 3.91. The third-order valence-electron chi connectivity index (χ3n) is 7.37. The van der Waals surface area contributed by atoms with Gasteiger partial charge in [0.05, 0.1) is 6.42 Å². The van der Waals surface area contributed by atoms with E-state index in [1.165, 1.54) is 0 Å². The summed E-state index contributed by atoms with van der Waals surface area (Å²) in [6.45, 7) is 7.49. The molecule has 1 fully saturated rings. The Morgan fingerprint density at radius 2 is 1.82 bits per heavy atom. The number of aryl methyl sites for hydroxylation is 1. The first-order chi connectivity index (χ1) is 16.0. The van der Waals surface area contributed by atoms with Crippen LogP contribution in [0.3, 0.4) is 0 Å². The molecule has 2 aliphatic heterocycles. The van der Waals surface area contributed by atoms with Gasteiger partial charge in [-0.3, -0.25) is 9.59 Å². The summed E-state index contributed by atoms with van der Waals surface area (Å²) in [6.07, 6.45) is 3.54. The summed E-state index contributed by atoms with van der Waals surface area (Å²) in [4.78, 5) is 29.5. The van der Waals surface area contributed by atoms with Gasteiger partial charge >= 0.3 is 0 Å². The molecule has 168 valence electrons. The minimum atomic E-state index is 0.0851. The van der Waals surface area contributed by atoms with Crippen LogP contribution in [0.15, 0.2) is 42.5 Å². The normalized spacial score (nSPS) is 17.2. The number of anilines is 1. The molecule has 0 atom stereocenters. The van der Waals surface area contributed by atoms with E-state index < -0.39 is 0 Å². The average molecular weight is 439 g/mol. The molecule has 5 nitrogen and oxygen atoms in total. The molecule has 0 spiro atoms. The number of amides is 1. The predicted octanol–water partition coefficient (Wildman–Crippen LogP) is 3.39. The molecule has 2 aliphatic rings. The lowest BCUT2D eigenvalue weighted by molar-refractivity contribution is -0.118. The molecule has 2 aromatic carbocycles. The highest BCUT2D eigenvalue weighted by molar-refractivity contribution is 6.39. The van der Waals surface area contributed by atoms with Gasteiger partial charge in [0.1, 0.15) is 7.85 Å². The van der Waals surface area contributed by atoms with Crippen LogP contribution < -0.4 is 10.4 Å². The largest absolute Gasteiger partial charge is 0.345 e. The summed E-state index contributed by atoms with van der Waals surface area (Å²) in [5.41, 5.74) is 5.75. The first-order valence-corrected chi connectivity index (χ1v) is 12.0. The van der Waals surface area contributed by atoms with Crippen molar-refractivity contribution in [3.8, 4) is 0 Å². The number of benzene rings is 2. The van der Waals surface area contributed by atoms with E-state index in [0.717, 1.165) is 84.3 Å². The summed E-state index contributed by atoms with van der Waals surface area (Å²) in [5, 5.41) is 0.955. The van der Waals surface area contributed by atoms with E-state index in [1.54, 1.807) is 6.92 Å². The second-order valence-corrected chi connectivity index (χ2v) is 9.41. The van der Waals surface area contributed by atoms with Crippen LogP contribution in [0.2, 0.25) is 0 Å². The molecule has 3 aromatic rings. The van der Waals surface area contributed by atoms with E-state index in [-0.39, 0.29) is 11.7 Å². The first-order valence-electron chi connectivity index (χ1n) is 12.0. The molecule has 1 aromatic heterocycles. The number of nitrogens with zero attached hydrogens (tertiary/aromatic N) is 3. The van der Waals surface area contributed by atoms with Gasteiger partial charge in [-0.1, -0.05) is 41.9 Å². The number of piperidine rings is 1. The molecule has 6 heteroatoms. The lowest BCUT2D eigenvalue weighted by atomic mass is 9.93.